The number of aliphatic hydroxyl groups excluding tert-OH is 1. The summed E-state index contributed by atoms with van der Waals surface area (Å²) in [5.41, 5.74) is 1.09. The number of rotatable bonds is 8. The van der Waals surface area contributed by atoms with E-state index in [1.54, 1.807) is 11.8 Å². The lowest BCUT2D eigenvalue weighted by molar-refractivity contribution is -0.853. The first-order chi connectivity index (χ1) is 13.2. The van der Waals surface area contributed by atoms with Crippen LogP contribution in [0.25, 0.3) is 0 Å². The average Bonchev–Trinajstić information content (AvgIpc) is 3.18. The Labute approximate surface area is 164 Å². The molecule has 6 nitrogen and oxygen atoms in total. The van der Waals surface area contributed by atoms with Gasteiger partial charge >= 0.3 is 6.03 Å². The largest absolute Gasteiger partial charge is 0.489 e. The van der Waals surface area contributed by atoms with Crippen molar-refractivity contribution < 1.29 is 19.3 Å². The van der Waals surface area contributed by atoms with Gasteiger partial charge in [-0.05, 0) is 18.4 Å². The smallest absolute Gasteiger partial charge is 0.396 e. The highest BCUT2D eigenvalue weighted by Gasteiger charge is 2.80. The Balaban J connectivity index is 1.35. The molecule has 2 aliphatic heterocycles. The third kappa shape index (κ3) is 3.37. The van der Waals surface area contributed by atoms with Crippen LogP contribution >= 0.6 is 11.8 Å². The monoisotopic (exact) mass is 390 g/mol. The van der Waals surface area contributed by atoms with E-state index in [9.17, 15) is 14.7 Å². The van der Waals surface area contributed by atoms with Crippen molar-refractivity contribution in [2.75, 3.05) is 18.9 Å². The number of thioether (sulfide) groups is 1. The van der Waals surface area contributed by atoms with Gasteiger partial charge in [-0.1, -0.05) is 36.8 Å². The van der Waals surface area contributed by atoms with E-state index < -0.39 is 0 Å². The van der Waals surface area contributed by atoms with Gasteiger partial charge < -0.3 is 10.4 Å². The second-order valence-corrected chi connectivity index (χ2v) is 8.84. The number of amides is 3. The lowest BCUT2D eigenvalue weighted by Crippen LogP contribution is -2.44. The van der Waals surface area contributed by atoms with E-state index >= 15 is 0 Å². The van der Waals surface area contributed by atoms with Crippen molar-refractivity contribution in [1.29, 1.82) is 0 Å². The summed E-state index contributed by atoms with van der Waals surface area (Å²) < 4.78 is 0.439. The zero-order valence-corrected chi connectivity index (χ0v) is 16.4. The second-order valence-electron chi connectivity index (χ2n) is 7.73. The number of fused-ring (bicyclic) bond motifs is 3. The maximum Gasteiger partial charge on any atom is 0.489 e. The lowest BCUT2D eigenvalue weighted by atomic mass is 9.84. The Morgan fingerprint density at radius 3 is 2.81 bits per heavy atom. The number of hydrogen-bond acceptors (Lipinski definition) is 4. The van der Waals surface area contributed by atoms with Gasteiger partial charge in [0.1, 0.15) is 18.0 Å². The number of nitrogens with one attached hydrogen (secondary N) is 1. The van der Waals surface area contributed by atoms with Gasteiger partial charge in [0.05, 0.1) is 5.75 Å². The second kappa shape index (κ2) is 7.81. The van der Waals surface area contributed by atoms with Crippen molar-refractivity contribution >= 4 is 23.7 Å². The zero-order valence-electron chi connectivity index (χ0n) is 15.5. The Kier molecular flexibility index (Phi) is 5.43. The third-order valence-electron chi connectivity index (χ3n) is 6.18. The topological polar surface area (TPSA) is 69.4 Å². The molecule has 1 aromatic carbocycles. The van der Waals surface area contributed by atoms with Crippen molar-refractivity contribution in [1.82, 2.24) is 10.3 Å². The van der Waals surface area contributed by atoms with Crippen LogP contribution in [0.15, 0.2) is 30.3 Å². The van der Waals surface area contributed by atoms with Crippen LogP contribution in [0.3, 0.4) is 0 Å². The highest BCUT2D eigenvalue weighted by Crippen LogP contribution is 2.57. The van der Waals surface area contributed by atoms with Crippen LogP contribution in [0.4, 0.5) is 4.79 Å². The van der Waals surface area contributed by atoms with E-state index in [1.807, 2.05) is 35.3 Å². The van der Waals surface area contributed by atoms with Crippen molar-refractivity contribution in [2.24, 2.45) is 5.92 Å². The van der Waals surface area contributed by atoms with Gasteiger partial charge in [0.2, 0.25) is 5.91 Å². The fourth-order valence-electron chi connectivity index (χ4n) is 4.94. The van der Waals surface area contributed by atoms with Crippen LogP contribution in [0.5, 0.6) is 0 Å². The molecule has 7 heteroatoms. The number of carbonyl (C=O) groups excluding carboxylic acids is 2. The minimum atomic E-state index is 0.0193. The van der Waals surface area contributed by atoms with Gasteiger partial charge in [0.25, 0.3) is 0 Å². The Morgan fingerprint density at radius 2 is 2.04 bits per heavy atom. The van der Waals surface area contributed by atoms with Gasteiger partial charge in [-0.3, -0.25) is 4.79 Å². The van der Waals surface area contributed by atoms with Crippen LogP contribution < -0.4 is 5.32 Å². The zero-order chi connectivity index (χ0) is 18.9. The molecule has 0 bridgehead atoms. The average molecular weight is 391 g/mol. The first-order valence-electron chi connectivity index (χ1n) is 9.93. The van der Waals surface area contributed by atoms with Gasteiger partial charge in [-0.15, -0.1) is 21.4 Å². The predicted octanol–water partition coefficient (Wildman–Crippen LogP) is 2.48. The summed E-state index contributed by atoms with van der Waals surface area (Å²) in [6.45, 7) is 1.36. The maximum atomic E-state index is 12.7. The summed E-state index contributed by atoms with van der Waals surface area (Å²) in [7, 11) is 0. The molecular weight excluding hydrogens is 362 g/mol. The van der Waals surface area contributed by atoms with E-state index in [0.29, 0.717) is 41.8 Å². The standard InChI is InChI=1S/C20H27N3O3S/c24-12-6-11-23-17-10-5-4-9-16(17)19(22(23)20(23)26)27-14-18(25)21-13-15-7-2-1-3-8-15/h1-3,7-8,16-17,19,24H,4-6,9-14H2/p+1. The minimum Gasteiger partial charge on any atom is -0.396 e. The van der Waals surface area contributed by atoms with E-state index in [0.717, 1.165) is 18.4 Å². The first kappa shape index (κ1) is 18.8. The molecule has 2 N–H and O–H groups in total. The molecule has 0 aromatic heterocycles. The SMILES string of the molecule is O=C(CSC1C2CCCCC2[N+]2(CCCO)C(=O)N12)NCc1ccccc1. The molecule has 4 unspecified atom stereocenters. The summed E-state index contributed by atoms with van der Waals surface area (Å²) in [6.07, 6.45) is 5.25. The molecule has 4 atom stereocenters. The molecule has 2 heterocycles. The number of benzene rings is 1. The van der Waals surface area contributed by atoms with E-state index in [2.05, 4.69) is 5.32 Å². The maximum absolute atomic E-state index is 12.7. The van der Waals surface area contributed by atoms with Crippen LogP contribution in [0.2, 0.25) is 0 Å². The minimum absolute atomic E-state index is 0.0193. The van der Waals surface area contributed by atoms with E-state index in [1.165, 1.54) is 12.8 Å². The van der Waals surface area contributed by atoms with Crippen LogP contribution in [-0.4, -0.2) is 57.0 Å². The molecule has 146 valence electrons. The molecule has 3 fully saturated rings. The molecule has 2 saturated heterocycles. The summed E-state index contributed by atoms with van der Waals surface area (Å²) in [5, 5.41) is 14.3. The number of urea groups is 1. The quantitative estimate of drug-likeness (QED) is 0.529. The molecule has 3 amide bonds. The molecule has 4 rings (SSSR count). The predicted molar refractivity (Wildman–Crippen MR) is 104 cm³/mol. The molecule has 1 aliphatic carbocycles. The number of carbonyl (C=O) groups is 2. The number of aliphatic hydroxyl groups is 1. The van der Waals surface area contributed by atoms with Crippen molar-refractivity contribution in [3.8, 4) is 0 Å². The van der Waals surface area contributed by atoms with Crippen molar-refractivity contribution in [2.45, 2.75) is 50.1 Å². The molecule has 3 aliphatic rings. The third-order valence-corrected chi connectivity index (χ3v) is 7.50. The first-order valence-corrected chi connectivity index (χ1v) is 11.0. The van der Waals surface area contributed by atoms with Crippen molar-refractivity contribution in [3.63, 3.8) is 0 Å². The summed E-state index contributed by atoms with van der Waals surface area (Å²) in [4.78, 5) is 25.0. The molecular formula is C20H28N3O3S+. The Morgan fingerprint density at radius 1 is 1.26 bits per heavy atom. The fraction of sp³-hybridized carbons (Fsp3) is 0.600. The Hall–Kier alpha value is -1.57. The lowest BCUT2D eigenvalue weighted by Gasteiger charge is -2.29. The van der Waals surface area contributed by atoms with Crippen LogP contribution in [-0.2, 0) is 11.3 Å². The van der Waals surface area contributed by atoms with E-state index in [4.69, 9.17) is 0 Å². The van der Waals surface area contributed by atoms with E-state index in [-0.39, 0.29) is 23.9 Å². The highest BCUT2D eigenvalue weighted by molar-refractivity contribution is 8.00. The van der Waals surface area contributed by atoms with Crippen LogP contribution in [0, 0.1) is 5.92 Å². The van der Waals surface area contributed by atoms with Crippen molar-refractivity contribution in [3.05, 3.63) is 35.9 Å². The fourth-order valence-corrected chi connectivity index (χ4v) is 6.32. The van der Waals surface area contributed by atoms with Gasteiger partial charge in [0.15, 0.2) is 0 Å². The number of hydrogen-bond donors (Lipinski definition) is 2. The molecule has 1 aromatic rings. The molecule has 0 radical (unpaired) electrons. The molecule has 1 saturated carbocycles. The summed E-state index contributed by atoms with van der Waals surface area (Å²) >= 11 is 1.61. The summed E-state index contributed by atoms with van der Waals surface area (Å²) in [5.74, 6) is 0.873. The summed E-state index contributed by atoms with van der Waals surface area (Å²) in [6, 6.07) is 10.4. The molecule has 0 spiro atoms. The van der Waals surface area contributed by atoms with Gasteiger partial charge in [-0.25, -0.2) is 0 Å². The number of nitrogens with zero attached hydrogens (tertiary/aromatic N) is 2. The normalized spacial score (nSPS) is 31.4. The van der Waals surface area contributed by atoms with Gasteiger partial charge in [-0.2, -0.15) is 4.79 Å². The van der Waals surface area contributed by atoms with Gasteiger partial charge in [0, 0.05) is 31.9 Å². The number of quaternary nitrogens is 1. The highest BCUT2D eigenvalue weighted by atomic mass is 32.2. The van der Waals surface area contributed by atoms with Crippen LogP contribution in [0.1, 0.15) is 37.7 Å². The molecule has 27 heavy (non-hydrogen) atoms. The Bertz CT molecular complexity index is 701.